The van der Waals surface area contributed by atoms with Crippen LogP contribution >= 0.6 is 0 Å². The molecule has 3 aromatic carbocycles. The van der Waals surface area contributed by atoms with Gasteiger partial charge in [0.25, 0.3) is 11.7 Å². The molecular weight excluding hydrogens is 454 g/mol. The first-order valence-electron chi connectivity index (χ1n) is 10.00. The minimum atomic E-state index is -4.59. The lowest BCUT2D eigenvalue weighted by Crippen LogP contribution is -2.29. The number of aliphatic hydroxyl groups is 1. The van der Waals surface area contributed by atoms with Crippen molar-refractivity contribution in [1.29, 1.82) is 0 Å². The second-order valence-electron chi connectivity index (χ2n) is 7.50. The van der Waals surface area contributed by atoms with Gasteiger partial charge in [0.15, 0.2) is 0 Å². The van der Waals surface area contributed by atoms with E-state index in [1.807, 2.05) is 0 Å². The fourth-order valence-electron chi connectivity index (χ4n) is 3.80. The van der Waals surface area contributed by atoms with Crippen LogP contribution in [-0.2, 0) is 15.8 Å². The minimum Gasteiger partial charge on any atom is -0.507 e. The van der Waals surface area contributed by atoms with Crippen LogP contribution in [0.3, 0.4) is 0 Å². The molecule has 0 aromatic heterocycles. The standard InChI is InChI=1S/C25H17F4NO4/c1-34-19-4-2-3-15(13-19)22(31)20-21(14-5-9-17(26)10-6-14)30(24(33)23(20)32)18-11-7-16(8-12-18)25(27,28)29/h2-13,21,31H,1H3/b22-20+. The number of halogens is 4. The van der Waals surface area contributed by atoms with Gasteiger partial charge in [-0.1, -0.05) is 24.3 Å². The van der Waals surface area contributed by atoms with E-state index in [1.165, 1.54) is 31.4 Å². The van der Waals surface area contributed by atoms with Crippen LogP contribution in [0.4, 0.5) is 23.2 Å². The molecule has 0 saturated carbocycles. The third kappa shape index (κ3) is 4.12. The maximum absolute atomic E-state index is 13.6. The number of alkyl halides is 3. The van der Waals surface area contributed by atoms with E-state index in [2.05, 4.69) is 0 Å². The van der Waals surface area contributed by atoms with Crippen molar-refractivity contribution in [3.8, 4) is 5.75 Å². The highest BCUT2D eigenvalue weighted by Crippen LogP contribution is 2.43. The van der Waals surface area contributed by atoms with Crippen LogP contribution in [0.5, 0.6) is 5.75 Å². The van der Waals surface area contributed by atoms with Crippen molar-refractivity contribution in [1.82, 2.24) is 0 Å². The van der Waals surface area contributed by atoms with E-state index in [4.69, 9.17) is 4.74 Å². The van der Waals surface area contributed by atoms with Gasteiger partial charge in [-0.15, -0.1) is 0 Å². The largest absolute Gasteiger partial charge is 0.507 e. The first-order chi connectivity index (χ1) is 16.1. The zero-order valence-corrected chi connectivity index (χ0v) is 17.6. The maximum atomic E-state index is 13.6. The predicted molar refractivity (Wildman–Crippen MR) is 116 cm³/mol. The van der Waals surface area contributed by atoms with Gasteiger partial charge in [0, 0.05) is 11.3 Å². The first kappa shape index (κ1) is 23.0. The molecule has 34 heavy (non-hydrogen) atoms. The molecule has 9 heteroatoms. The molecule has 4 rings (SSSR count). The van der Waals surface area contributed by atoms with Crippen LogP contribution in [0.15, 0.2) is 78.4 Å². The number of carbonyl (C=O) groups excluding carboxylic acids is 2. The average molecular weight is 471 g/mol. The zero-order chi connectivity index (χ0) is 24.6. The number of ketones is 1. The Morgan fingerprint density at radius 2 is 1.62 bits per heavy atom. The van der Waals surface area contributed by atoms with Crippen molar-refractivity contribution < 1.29 is 37.0 Å². The van der Waals surface area contributed by atoms with Gasteiger partial charge in [-0.05, 0) is 54.1 Å². The number of benzene rings is 3. The summed E-state index contributed by atoms with van der Waals surface area (Å²) in [5, 5.41) is 11.0. The molecule has 1 N–H and O–H groups in total. The number of Topliss-reactive ketones (excluding diaryl/α,β-unsaturated/α-hetero) is 1. The molecule has 1 fully saturated rings. The average Bonchev–Trinajstić information content (AvgIpc) is 3.09. The summed E-state index contributed by atoms with van der Waals surface area (Å²) in [7, 11) is 1.42. The second kappa shape index (κ2) is 8.66. The maximum Gasteiger partial charge on any atom is 0.416 e. The van der Waals surface area contributed by atoms with Crippen molar-refractivity contribution in [3.05, 3.63) is 101 Å². The van der Waals surface area contributed by atoms with E-state index >= 15 is 0 Å². The Hall–Kier alpha value is -4.14. The highest BCUT2D eigenvalue weighted by atomic mass is 19.4. The number of anilines is 1. The van der Waals surface area contributed by atoms with Gasteiger partial charge in [-0.25, -0.2) is 4.39 Å². The van der Waals surface area contributed by atoms with Crippen LogP contribution in [0, 0.1) is 5.82 Å². The molecular formula is C25H17F4NO4. The van der Waals surface area contributed by atoms with Gasteiger partial charge >= 0.3 is 6.18 Å². The van der Waals surface area contributed by atoms with E-state index in [-0.39, 0.29) is 22.4 Å². The molecule has 0 bridgehead atoms. The number of methoxy groups -OCH3 is 1. The Balaban J connectivity index is 1.90. The minimum absolute atomic E-state index is 0.00844. The van der Waals surface area contributed by atoms with Crippen molar-refractivity contribution >= 4 is 23.1 Å². The Bertz CT molecular complexity index is 1280. The van der Waals surface area contributed by atoms with Gasteiger partial charge < -0.3 is 9.84 Å². The van der Waals surface area contributed by atoms with Crippen LogP contribution in [0.25, 0.3) is 5.76 Å². The number of carbonyl (C=O) groups is 2. The summed E-state index contributed by atoms with van der Waals surface area (Å²) in [6.07, 6.45) is -4.59. The molecule has 1 saturated heterocycles. The highest BCUT2D eigenvalue weighted by molar-refractivity contribution is 6.51. The van der Waals surface area contributed by atoms with Gasteiger partial charge in [-0.2, -0.15) is 13.2 Å². The number of ether oxygens (including phenoxy) is 1. The quantitative estimate of drug-likeness (QED) is 0.237. The molecule has 0 aliphatic carbocycles. The van der Waals surface area contributed by atoms with Crippen molar-refractivity contribution in [2.75, 3.05) is 12.0 Å². The Labute approximate surface area is 191 Å². The molecule has 0 radical (unpaired) electrons. The lowest BCUT2D eigenvalue weighted by atomic mass is 9.95. The SMILES string of the molecule is COc1cccc(/C(O)=C2\C(=O)C(=O)N(c3ccc(C(F)(F)F)cc3)C2c2ccc(F)cc2)c1. The summed E-state index contributed by atoms with van der Waals surface area (Å²) in [5.74, 6) is -2.75. The van der Waals surface area contributed by atoms with Crippen LogP contribution in [-0.4, -0.2) is 23.9 Å². The summed E-state index contributed by atoms with van der Waals surface area (Å²) in [6, 6.07) is 13.6. The van der Waals surface area contributed by atoms with Crippen molar-refractivity contribution in [2.24, 2.45) is 0 Å². The third-order valence-corrected chi connectivity index (χ3v) is 5.45. The second-order valence-corrected chi connectivity index (χ2v) is 7.50. The van der Waals surface area contributed by atoms with Gasteiger partial charge in [-0.3, -0.25) is 14.5 Å². The fraction of sp³-hybridized carbons (Fsp3) is 0.120. The summed E-state index contributed by atoms with van der Waals surface area (Å²) in [4.78, 5) is 27.0. The van der Waals surface area contributed by atoms with E-state index in [9.17, 15) is 32.3 Å². The Kier molecular flexibility index (Phi) is 5.87. The Morgan fingerprint density at radius 3 is 2.21 bits per heavy atom. The van der Waals surface area contributed by atoms with Gasteiger partial charge in [0.05, 0.1) is 24.3 Å². The number of nitrogens with zero attached hydrogens (tertiary/aromatic N) is 1. The number of hydrogen-bond acceptors (Lipinski definition) is 4. The summed E-state index contributed by atoms with van der Waals surface area (Å²) in [5.41, 5.74) is -0.733. The number of amides is 1. The fourth-order valence-corrected chi connectivity index (χ4v) is 3.80. The molecule has 1 atom stereocenters. The summed E-state index contributed by atoms with van der Waals surface area (Å²) in [6.45, 7) is 0. The van der Waals surface area contributed by atoms with Crippen LogP contribution in [0.2, 0.25) is 0 Å². The van der Waals surface area contributed by atoms with E-state index in [1.54, 1.807) is 12.1 Å². The van der Waals surface area contributed by atoms with Gasteiger partial charge in [0.2, 0.25) is 0 Å². The van der Waals surface area contributed by atoms with E-state index < -0.39 is 41.0 Å². The van der Waals surface area contributed by atoms with Crippen molar-refractivity contribution in [2.45, 2.75) is 12.2 Å². The number of rotatable bonds is 4. The number of hydrogen-bond donors (Lipinski definition) is 1. The molecule has 5 nitrogen and oxygen atoms in total. The first-order valence-corrected chi connectivity index (χ1v) is 10.00. The van der Waals surface area contributed by atoms with Crippen LogP contribution in [0.1, 0.15) is 22.7 Å². The lowest BCUT2D eigenvalue weighted by molar-refractivity contribution is -0.137. The van der Waals surface area contributed by atoms with Crippen molar-refractivity contribution in [3.63, 3.8) is 0 Å². The van der Waals surface area contributed by atoms with Crippen LogP contribution < -0.4 is 9.64 Å². The normalized spacial score (nSPS) is 17.8. The smallest absolute Gasteiger partial charge is 0.416 e. The molecule has 1 heterocycles. The van der Waals surface area contributed by atoms with Gasteiger partial charge in [0.1, 0.15) is 17.3 Å². The molecule has 1 aliphatic heterocycles. The molecule has 1 unspecified atom stereocenters. The Morgan fingerprint density at radius 1 is 0.971 bits per heavy atom. The lowest BCUT2D eigenvalue weighted by Gasteiger charge is -2.25. The summed E-state index contributed by atoms with van der Waals surface area (Å²) < 4.78 is 57.8. The molecule has 1 amide bonds. The third-order valence-electron chi connectivity index (χ3n) is 5.45. The number of aliphatic hydroxyl groups excluding tert-OH is 1. The predicted octanol–water partition coefficient (Wildman–Crippen LogP) is 5.48. The topological polar surface area (TPSA) is 66.8 Å². The summed E-state index contributed by atoms with van der Waals surface area (Å²) >= 11 is 0. The molecule has 3 aromatic rings. The molecule has 174 valence electrons. The zero-order valence-electron chi connectivity index (χ0n) is 17.6. The highest BCUT2D eigenvalue weighted by Gasteiger charge is 2.47. The molecule has 1 aliphatic rings. The molecule has 0 spiro atoms. The monoisotopic (exact) mass is 471 g/mol. The van der Waals surface area contributed by atoms with E-state index in [0.717, 1.165) is 41.3 Å². The van der Waals surface area contributed by atoms with E-state index in [0.29, 0.717) is 5.75 Å².